The SMILES string of the molecule is Nc1ccc2c(c1)C(=O)N(c1ccccc1I)C2=O. The summed E-state index contributed by atoms with van der Waals surface area (Å²) in [6.07, 6.45) is 0. The van der Waals surface area contributed by atoms with Crippen LogP contribution < -0.4 is 10.6 Å². The van der Waals surface area contributed by atoms with Gasteiger partial charge in [-0.3, -0.25) is 9.59 Å². The maximum Gasteiger partial charge on any atom is 0.266 e. The van der Waals surface area contributed by atoms with Crippen LogP contribution in [-0.4, -0.2) is 11.8 Å². The predicted molar refractivity (Wildman–Crippen MR) is 81.2 cm³/mol. The summed E-state index contributed by atoms with van der Waals surface area (Å²) in [7, 11) is 0. The number of anilines is 2. The van der Waals surface area contributed by atoms with E-state index in [1.807, 2.05) is 12.1 Å². The Morgan fingerprint density at radius 2 is 1.63 bits per heavy atom. The minimum absolute atomic E-state index is 0.302. The molecule has 5 heteroatoms. The van der Waals surface area contributed by atoms with Crippen molar-refractivity contribution in [3.8, 4) is 0 Å². The molecule has 0 fully saturated rings. The fourth-order valence-electron chi connectivity index (χ4n) is 2.11. The van der Waals surface area contributed by atoms with Gasteiger partial charge in [0.15, 0.2) is 0 Å². The lowest BCUT2D eigenvalue weighted by Gasteiger charge is -2.15. The van der Waals surface area contributed by atoms with E-state index in [2.05, 4.69) is 22.6 Å². The Balaban J connectivity index is 2.16. The number of amides is 2. The minimum Gasteiger partial charge on any atom is -0.399 e. The summed E-state index contributed by atoms with van der Waals surface area (Å²) in [5, 5.41) is 0. The molecule has 0 saturated carbocycles. The highest BCUT2D eigenvalue weighted by atomic mass is 127. The standard InChI is InChI=1S/C14H9IN2O2/c15-11-3-1-2-4-12(11)17-13(18)9-6-5-8(16)7-10(9)14(17)19/h1-7H,16H2. The maximum atomic E-state index is 12.4. The molecule has 4 nitrogen and oxygen atoms in total. The molecule has 0 saturated heterocycles. The maximum absolute atomic E-state index is 12.4. The van der Waals surface area contributed by atoms with E-state index in [1.165, 1.54) is 4.90 Å². The van der Waals surface area contributed by atoms with E-state index in [0.29, 0.717) is 22.5 Å². The van der Waals surface area contributed by atoms with E-state index in [9.17, 15) is 9.59 Å². The van der Waals surface area contributed by atoms with Crippen molar-refractivity contribution in [1.29, 1.82) is 0 Å². The number of rotatable bonds is 1. The Morgan fingerprint density at radius 1 is 0.947 bits per heavy atom. The van der Waals surface area contributed by atoms with Crippen molar-refractivity contribution in [3.05, 3.63) is 57.2 Å². The first kappa shape index (κ1) is 12.2. The van der Waals surface area contributed by atoms with Gasteiger partial charge in [0.2, 0.25) is 0 Å². The summed E-state index contributed by atoms with van der Waals surface area (Å²) in [5.74, 6) is -0.625. The van der Waals surface area contributed by atoms with Gasteiger partial charge in [-0.1, -0.05) is 12.1 Å². The first-order chi connectivity index (χ1) is 9.09. The first-order valence-corrected chi connectivity index (χ1v) is 6.70. The normalized spacial score (nSPS) is 13.8. The van der Waals surface area contributed by atoms with Gasteiger partial charge < -0.3 is 5.73 Å². The molecule has 1 aliphatic rings. The Labute approximate surface area is 123 Å². The Kier molecular flexibility index (Phi) is 2.78. The average molecular weight is 364 g/mol. The lowest BCUT2D eigenvalue weighted by atomic mass is 10.1. The smallest absolute Gasteiger partial charge is 0.266 e. The zero-order valence-electron chi connectivity index (χ0n) is 9.76. The van der Waals surface area contributed by atoms with Crippen molar-refractivity contribution in [2.24, 2.45) is 0 Å². The fraction of sp³-hybridized carbons (Fsp3) is 0. The number of hydrogen-bond donors (Lipinski definition) is 1. The van der Waals surface area contributed by atoms with Gasteiger partial charge in [-0.25, -0.2) is 4.90 Å². The van der Waals surface area contributed by atoms with E-state index < -0.39 is 0 Å². The summed E-state index contributed by atoms with van der Waals surface area (Å²) in [6.45, 7) is 0. The number of nitrogens with zero attached hydrogens (tertiary/aromatic N) is 1. The fourth-order valence-corrected chi connectivity index (χ4v) is 2.74. The Bertz CT molecular complexity index is 712. The second kappa shape index (κ2) is 4.34. The van der Waals surface area contributed by atoms with Crippen LogP contribution in [0.3, 0.4) is 0 Å². The van der Waals surface area contributed by atoms with Crippen LogP contribution >= 0.6 is 22.6 Å². The molecule has 94 valence electrons. The average Bonchev–Trinajstić information content (AvgIpc) is 2.63. The number of benzene rings is 2. The van der Waals surface area contributed by atoms with Crippen molar-refractivity contribution in [2.45, 2.75) is 0 Å². The molecule has 1 heterocycles. The number of fused-ring (bicyclic) bond motifs is 1. The highest BCUT2D eigenvalue weighted by molar-refractivity contribution is 14.1. The second-order valence-corrected chi connectivity index (χ2v) is 5.36. The molecule has 1 aliphatic heterocycles. The summed E-state index contributed by atoms with van der Waals surface area (Å²) < 4.78 is 0.850. The number of halogens is 1. The summed E-state index contributed by atoms with van der Waals surface area (Å²) >= 11 is 2.11. The zero-order chi connectivity index (χ0) is 13.6. The first-order valence-electron chi connectivity index (χ1n) is 5.62. The van der Waals surface area contributed by atoms with Crippen LogP contribution in [0.5, 0.6) is 0 Å². The van der Waals surface area contributed by atoms with Crippen molar-refractivity contribution >= 4 is 45.8 Å². The lowest BCUT2D eigenvalue weighted by Crippen LogP contribution is -2.30. The molecule has 0 bridgehead atoms. The number of hydrogen-bond acceptors (Lipinski definition) is 3. The molecular weight excluding hydrogens is 355 g/mol. The number of imide groups is 1. The lowest BCUT2D eigenvalue weighted by molar-refractivity contribution is 0.0926. The van der Waals surface area contributed by atoms with E-state index >= 15 is 0 Å². The molecule has 0 spiro atoms. The van der Waals surface area contributed by atoms with Crippen molar-refractivity contribution in [1.82, 2.24) is 0 Å². The van der Waals surface area contributed by atoms with Crippen LogP contribution in [0, 0.1) is 3.57 Å². The highest BCUT2D eigenvalue weighted by Gasteiger charge is 2.37. The third-order valence-electron chi connectivity index (χ3n) is 3.00. The van der Waals surface area contributed by atoms with Crippen LogP contribution in [0.25, 0.3) is 0 Å². The molecular formula is C14H9IN2O2. The molecule has 0 aliphatic carbocycles. The molecule has 19 heavy (non-hydrogen) atoms. The number of nitrogens with two attached hydrogens (primary N) is 1. The molecule has 0 aromatic heterocycles. The van der Waals surface area contributed by atoms with Gasteiger partial charge in [-0.15, -0.1) is 0 Å². The van der Waals surface area contributed by atoms with Gasteiger partial charge in [0.05, 0.1) is 16.8 Å². The van der Waals surface area contributed by atoms with E-state index in [4.69, 9.17) is 5.73 Å². The van der Waals surface area contributed by atoms with Crippen LogP contribution in [0.4, 0.5) is 11.4 Å². The van der Waals surface area contributed by atoms with E-state index in [1.54, 1.807) is 30.3 Å². The summed E-state index contributed by atoms with van der Waals surface area (Å²) in [5.41, 5.74) is 7.52. The minimum atomic E-state index is -0.323. The van der Waals surface area contributed by atoms with Gasteiger partial charge in [0, 0.05) is 9.26 Å². The van der Waals surface area contributed by atoms with Gasteiger partial charge in [-0.2, -0.15) is 0 Å². The van der Waals surface area contributed by atoms with Crippen LogP contribution in [0.2, 0.25) is 0 Å². The van der Waals surface area contributed by atoms with Crippen molar-refractivity contribution < 1.29 is 9.59 Å². The van der Waals surface area contributed by atoms with E-state index in [0.717, 1.165) is 3.57 Å². The topological polar surface area (TPSA) is 63.4 Å². The summed E-state index contributed by atoms with van der Waals surface area (Å²) in [6, 6.07) is 12.0. The van der Waals surface area contributed by atoms with Crippen LogP contribution in [0.15, 0.2) is 42.5 Å². The third kappa shape index (κ3) is 1.81. The van der Waals surface area contributed by atoms with Gasteiger partial charge in [0.25, 0.3) is 11.8 Å². The number of para-hydroxylation sites is 1. The van der Waals surface area contributed by atoms with Crippen LogP contribution in [0.1, 0.15) is 20.7 Å². The largest absolute Gasteiger partial charge is 0.399 e. The van der Waals surface area contributed by atoms with Gasteiger partial charge >= 0.3 is 0 Å². The summed E-state index contributed by atoms with van der Waals surface area (Å²) in [4.78, 5) is 25.9. The molecule has 0 atom stereocenters. The monoisotopic (exact) mass is 364 g/mol. The molecule has 2 N–H and O–H groups in total. The van der Waals surface area contributed by atoms with Gasteiger partial charge in [-0.05, 0) is 52.9 Å². The number of nitrogen functional groups attached to an aromatic ring is 1. The van der Waals surface area contributed by atoms with Gasteiger partial charge in [0.1, 0.15) is 0 Å². The molecule has 0 unspecified atom stereocenters. The van der Waals surface area contributed by atoms with Crippen molar-refractivity contribution in [2.75, 3.05) is 10.6 Å². The molecule has 0 radical (unpaired) electrons. The predicted octanol–water partition coefficient (Wildman–Crippen LogP) is 2.67. The highest BCUT2D eigenvalue weighted by Crippen LogP contribution is 2.32. The third-order valence-corrected chi connectivity index (χ3v) is 3.92. The Hall–Kier alpha value is -1.89. The zero-order valence-corrected chi connectivity index (χ0v) is 11.9. The molecule has 2 aromatic rings. The Morgan fingerprint density at radius 3 is 2.37 bits per heavy atom. The van der Waals surface area contributed by atoms with Crippen LogP contribution in [-0.2, 0) is 0 Å². The van der Waals surface area contributed by atoms with Crippen molar-refractivity contribution in [3.63, 3.8) is 0 Å². The quantitative estimate of drug-likeness (QED) is 0.481. The second-order valence-electron chi connectivity index (χ2n) is 4.20. The number of carbonyl (C=O) groups excluding carboxylic acids is 2. The molecule has 2 amide bonds. The molecule has 2 aromatic carbocycles. The molecule has 3 rings (SSSR count). The van der Waals surface area contributed by atoms with E-state index in [-0.39, 0.29) is 11.8 Å². The number of carbonyl (C=O) groups is 2.